The van der Waals surface area contributed by atoms with Crippen molar-refractivity contribution in [3.63, 3.8) is 0 Å². The Morgan fingerprint density at radius 2 is 2.35 bits per heavy atom. The van der Waals surface area contributed by atoms with Crippen LogP contribution in [0, 0.1) is 0 Å². The fourth-order valence-electron chi connectivity index (χ4n) is 2.91. The molecule has 0 bridgehead atoms. The molecule has 2 N–H and O–H groups in total. The zero-order valence-electron chi connectivity index (χ0n) is 13.4. The van der Waals surface area contributed by atoms with E-state index in [2.05, 4.69) is 22.0 Å². The van der Waals surface area contributed by atoms with E-state index in [-0.39, 0.29) is 0 Å². The van der Waals surface area contributed by atoms with Crippen LogP contribution < -0.4 is 10.5 Å². The van der Waals surface area contributed by atoms with Gasteiger partial charge in [-0.1, -0.05) is 12.1 Å². The number of ether oxygens (including phenoxy) is 2. The fourth-order valence-corrected chi connectivity index (χ4v) is 3.63. The molecule has 0 amide bonds. The van der Waals surface area contributed by atoms with E-state index in [4.69, 9.17) is 15.2 Å². The highest BCUT2D eigenvalue weighted by molar-refractivity contribution is 7.15. The quantitative estimate of drug-likeness (QED) is 0.844. The molecule has 1 aromatic heterocycles. The molecule has 3 rings (SSSR count). The lowest BCUT2D eigenvalue weighted by Gasteiger charge is -2.24. The van der Waals surface area contributed by atoms with Crippen LogP contribution in [-0.2, 0) is 17.8 Å². The number of methoxy groups -OCH3 is 1. The van der Waals surface area contributed by atoms with Crippen LogP contribution in [0.4, 0.5) is 5.13 Å². The minimum atomic E-state index is 0.325. The highest BCUT2D eigenvalue weighted by Gasteiger charge is 2.20. The fraction of sp³-hybridized carbons (Fsp3) is 0.471. The zero-order chi connectivity index (χ0) is 16.1. The Balaban J connectivity index is 1.70. The number of nitrogens with two attached hydrogens (primary N) is 1. The maximum Gasteiger partial charge on any atom is 0.180 e. The van der Waals surface area contributed by atoms with E-state index in [0.717, 1.165) is 44.8 Å². The smallest absolute Gasteiger partial charge is 0.180 e. The van der Waals surface area contributed by atoms with Crippen LogP contribution in [0.2, 0.25) is 0 Å². The van der Waals surface area contributed by atoms with E-state index in [0.29, 0.717) is 11.2 Å². The van der Waals surface area contributed by atoms with Crippen LogP contribution in [0.15, 0.2) is 30.5 Å². The molecule has 0 saturated carbocycles. The van der Waals surface area contributed by atoms with Crippen molar-refractivity contribution in [2.45, 2.75) is 32.0 Å². The van der Waals surface area contributed by atoms with E-state index in [9.17, 15) is 0 Å². The van der Waals surface area contributed by atoms with Crippen molar-refractivity contribution >= 4 is 16.5 Å². The number of rotatable bonds is 7. The predicted octanol–water partition coefficient (Wildman–Crippen LogP) is 2.92. The summed E-state index contributed by atoms with van der Waals surface area (Å²) >= 11 is 1.55. The largest absolute Gasteiger partial charge is 0.497 e. The number of hydrogen-bond acceptors (Lipinski definition) is 6. The molecule has 124 valence electrons. The SMILES string of the molecule is COc1cccc(CN(Cc2cnc(N)s2)CC2CCCO2)c1. The molecule has 6 heteroatoms. The first-order valence-electron chi connectivity index (χ1n) is 7.90. The third-order valence-corrected chi connectivity index (χ3v) is 4.79. The van der Waals surface area contributed by atoms with Crippen molar-refractivity contribution in [3.8, 4) is 5.75 Å². The lowest BCUT2D eigenvalue weighted by atomic mass is 10.1. The molecule has 0 aliphatic carbocycles. The Kier molecular flexibility index (Phi) is 5.48. The van der Waals surface area contributed by atoms with Gasteiger partial charge in [0, 0.05) is 37.3 Å². The Hall–Kier alpha value is -1.63. The summed E-state index contributed by atoms with van der Waals surface area (Å²) in [5.41, 5.74) is 6.99. The third kappa shape index (κ3) is 4.67. The van der Waals surface area contributed by atoms with Crippen LogP contribution in [-0.4, -0.2) is 36.2 Å². The van der Waals surface area contributed by atoms with Crippen molar-refractivity contribution in [2.75, 3.05) is 26.0 Å². The summed E-state index contributed by atoms with van der Waals surface area (Å²) in [5.74, 6) is 0.890. The van der Waals surface area contributed by atoms with Gasteiger partial charge < -0.3 is 15.2 Å². The predicted molar refractivity (Wildman–Crippen MR) is 92.6 cm³/mol. The van der Waals surface area contributed by atoms with Crippen LogP contribution >= 0.6 is 11.3 Å². The highest BCUT2D eigenvalue weighted by atomic mass is 32.1. The van der Waals surface area contributed by atoms with Crippen LogP contribution in [0.5, 0.6) is 5.75 Å². The van der Waals surface area contributed by atoms with Gasteiger partial charge in [-0.15, -0.1) is 11.3 Å². The molecule has 1 aliphatic rings. The first-order valence-corrected chi connectivity index (χ1v) is 8.71. The van der Waals surface area contributed by atoms with Gasteiger partial charge in [-0.25, -0.2) is 4.98 Å². The van der Waals surface area contributed by atoms with Crippen molar-refractivity contribution in [3.05, 3.63) is 40.9 Å². The average molecular weight is 333 g/mol. The molecule has 1 fully saturated rings. The highest BCUT2D eigenvalue weighted by Crippen LogP contribution is 2.22. The second kappa shape index (κ2) is 7.77. The molecule has 1 aromatic carbocycles. The van der Waals surface area contributed by atoms with E-state index in [1.807, 2.05) is 18.3 Å². The van der Waals surface area contributed by atoms with Crippen molar-refractivity contribution in [1.82, 2.24) is 9.88 Å². The molecule has 1 atom stereocenters. The minimum Gasteiger partial charge on any atom is -0.497 e. The standard InChI is InChI=1S/C17H23N3O2S/c1-21-14-5-2-4-13(8-14)10-20(11-15-6-3-7-22-15)12-16-9-19-17(18)23-16/h2,4-5,8-9,15H,3,6-7,10-12H2,1H3,(H2,18,19). The van der Waals surface area contributed by atoms with Crippen LogP contribution in [0.1, 0.15) is 23.3 Å². The lowest BCUT2D eigenvalue weighted by Crippen LogP contribution is -2.31. The molecule has 2 heterocycles. The summed E-state index contributed by atoms with van der Waals surface area (Å²) in [6.07, 6.45) is 4.49. The van der Waals surface area contributed by atoms with Gasteiger partial charge >= 0.3 is 0 Å². The molecule has 1 aliphatic heterocycles. The number of hydrogen-bond donors (Lipinski definition) is 1. The topological polar surface area (TPSA) is 60.6 Å². The lowest BCUT2D eigenvalue weighted by molar-refractivity contribution is 0.0682. The van der Waals surface area contributed by atoms with Gasteiger partial charge in [0.05, 0.1) is 13.2 Å². The van der Waals surface area contributed by atoms with Gasteiger partial charge in [-0.3, -0.25) is 4.90 Å². The van der Waals surface area contributed by atoms with Gasteiger partial charge in [0.2, 0.25) is 0 Å². The van der Waals surface area contributed by atoms with E-state index in [1.54, 1.807) is 18.4 Å². The number of nitrogens with zero attached hydrogens (tertiary/aromatic N) is 2. The molecule has 0 radical (unpaired) electrons. The first-order chi connectivity index (χ1) is 11.2. The Morgan fingerprint density at radius 1 is 1.43 bits per heavy atom. The zero-order valence-corrected chi connectivity index (χ0v) is 14.2. The summed E-state index contributed by atoms with van der Waals surface area (Å²) in [6.45, 7) is 3.50. The monoisotopic (exact) mass is 333 g/mol. The summed E-state index contributed by atoms with van der Waals surface area (Å²) in [7, 11) is 1.70. The summed E-state index contributed by atoms with van der Waals surface area (Å²) in [5, 5.41) is 0.624. The summed E-state index contributed by atoms with van der Waals surface area (Å²) in [4.78, 5) is 7.74. The molecule has 2 aromatic rings. The van der Waals surface area contributed by atoms with Gasteiger partial charge in [-0.05, 0) is 30.5 Å². The van der Waals surface area contributed by atoms with Gasteiger partial charge in [0.1, 0.15) is 5.75 Å². The van der Waals surface area contributed by atoms with E-state index < -0.39 is 0 Å². The minimum absolute atomic E-state index is 0.325. The van der Waals surface area contributed by atoms with Crippen LogP contribution in [0.25, 0.3) is 0 Å². The van der Waals surface area contributed by atoms with Gasteiger partial charge in [0.25, 0.3) is 0 Å². The number of benzene rings is 1. The number of nitrogen functional groups attached to an aromatic ring is 1. The van der Waals surface area contributed by atoms with E-state index in [1.165, 1.54) is 10.4 Å². The molecule has 0 spiro atoms. The normalized spacial score (nSPS) is 17.7. The number of anilines is 1. The summed E-state index contributed by atoms with van der Waals surface area (Å²) in [6, 6.07) is 8.22. The van der Waals surface area contributed by atoms with Crippen LogP contribution in [0.3, 0.4) is 0 Å². The Morgan fingerprint density at radius 3 is 3.04 bits per heavy atom. The first kappa shape index (κ1) is 16.2. The Bertz CT molecular complexity index is 626. The van der Waals surface area contributed by atoms with Crippen molar-refractivity contribution in [2.24, 2.45) is 0 Å². The number of thiazole rings is 1. The average Bonchev–Trinajstić information content (AvgIpc) is 3.19. The maximum absolute atomic E-state index is 5.81. The summed E-state index contributed by atoms with van der Waals surface area (Å²) < 4.78 is 11.1. The Labute approximate surface area is 141 Å². The second-order valence-electron chi connectivity index (χ2n) is 5.82. The molecular weight excluding hydrogens is 310 g/mol. The molecular formula is C17H23N3O2S. The molecule has 23 heavy (non-hydrogen) atoms. The van der Waals surface area contributed by atoms with E-state index >= 15 is 0 Å². The second-order valence-corrected chi connectivity index (χ2v) is 6.97. The van der Waals surface area contributed by atoms with Gasteiger partial charge in [0.15, 0.2) is 5.13 Å². The van der Waals surface area contributed by atoms with Crippen molar-refractivity contribution < 1.29 is 9.47 Å². The molecule has 1 unspecified atom stereocenters. The molecule has 1 saturated heterocycles. The third-order valence-electron chi connectivity index (χ3n) is 3.98. The van der Waals surface area contributed by atoms with Crippen molar-refractivity contribution in [1.29, 1.82) is 0 Å². The molecule has 5 nitrogen and oxygen atoms in total. The maximum atomic E-state index is 5.81. The number of aromatic nitrogens is 1. The van der Waals surface area contributed by atoms with Gasteiger partial charge in [-0.2, -0.15) is 0 Å².